The van der Waals surface area contributed by atoms with Gasteiger partial charge in [-0.3, -0.25) is 4.79 Å². The van der Waals surface area contributed by atoms with E-state index in [9.17, 15) is 9.90 Å². The summed E-state index contributed by atoms with van der Waals surface area (Å²) in [5.74, 6) is 0.839. The van der Waals surface area contributed by atoms with Crippen LogP contribution in [0.15, 0.2) is 18.2 Å². The van der Waals surface area contributed by atoms with Gasteiger partial charge in [0.25, 0.3) is 5.91 Å². The zero-order chi connectivity index (χ0) is 13.8. The number of nitrogens with zero attached hydrogens (tertiary/aromatic N) is 1. The van der Waals surface area contributed by atoms with Gasteiger partial charge in [-0.25, -0.2) is 0 Å². The molecular formula is C16H23NO2. The first kappa shape index (κ1) is 13.9. The molecule has 104 valence electrons. The summed E-state index contributed by atoms with van der Waals surface area (Å²) in [4.78, 5) is 14.4. The fraction of sp³-hybridized carbons (Fsp3) is 0.562. The Morgan fingerprint density at radius 2 is 2.16 bits per heavy atom. The van der Waals surface area contributed by atoms with Crippen LogP contribution >= 0.6 is 0 Å². The van der Waals surface area contributed by atoms with Crippen LogP contribution in [0.1, 0.15) is 48.5 Å². The Kier molecular flexibility index (Phi) is 4.46. The van der Waals surface area contributed by atoms with Crippen LogP contribution in [0.2, 0.25) is 0 Å². The molecule has 1 unspecified atom stereocenters. The molecule has 1 aliphatic heterocycles. The standard InChI is InChI=1S/C16H23NO2/c1-3-13-7-5-10-17(11-9-13)16(19)14-8-4-6-12(2)15(14)18/h4,6,8,13,18H,3,5,7,9-11H2,1-2H3. The van der Waals surface area contributed by atoms with Gasteiger partial charge in [-0.1, -0.05) is 25.5 Å². The Hall–Kier alpha value is -1.51. The summed E-state index contributed by atoms with van der Waals surface area (Å²) in [6.45, 7) is 5.66. The summed E-state index contributed by atoms with van der Waals surface area (Å²) >= 11 is 0. The molecule has 0 saturated carbocycles. The number of aromatic hydroxyl groups is 1. The molecule has 3 heteroatoms. The highest BCUT2D eigenvalue weighted by atomic mass is 16.3. The van der Waals surface area contributed by atoms with E-state index in [1.165, 1.54) is 12.8 Å². The Morgan fingerprint density at radius 1 is 1.37 bits per heavy atom. The second kappa shape index (κ2) is 6.09. The summed E-state index contributed by atoms with van der Waals surface area (Å²) in [5, 5.41) is 10.0. The van der Waals surface area contributed by atoms with E-state index in [0.717, 1.165) is 37.4 Å². The molecule has 1 atom stereocenters. The first-order chi connectivity index (χ1) is 9.13. The number of likely N-dealkylation sites (tertiary alicyclic amines) is 1. The van der Waals surface area contributed by atoms with Crippen LogP contribution in [-0.4, -0.2) is 29.0 Å². The summed E-state index contributed by atoms with van der Waals surface area (Å²) in [5.41, 5.74) is 1.20. The van der Waals surface area contributed by atoms with E-state index < -0.39 is 0 Å². The molecule has 0 aromatic heterocycles. The van der Waals surface area contributed by atoms with Crippen molar-refractivity contribution in [2.45, 2.75) is 39.5 Å². The molecule has 1 aromatic rings. The lowest BCUT2D eigenvalue weighted by Crippen LogP contribution is -2.32. The number of benzene rings is 1. The molecule has 1 heterocycles. The van der Waals surface area contributed by atoms with Crippen LogP contribution in [0.3, 0.4) is 0 Å². The summed E-state index contributed by atoms with van der Waals surface area (Å²) in [6, 6.07) is 5.36. The van der Waals surface area contributed by atoms with Crippen molar-refractivity contribution in [3.63, 3.8) is 0 Å². The number of amides is 1. The minimum atomic E-state index is -0.0297. The number of hydrogen-bond acceptors (Lipinski definition) is 2. The van der Waals surface area contributed by atoms with Crippen molar-refractivity contribution in [1.29, 1.82) is 0 Å². The van der Waals surface area contributed by atoms with Crippen LogP contribution in [0, 0.1) is 12.8 Å². The molecule has 1 N–H and O–H groups in total. The minimum Gasteiger partial charge on any atom is -0.507 e. The van der Waals surface area contributed by atoms with Crippen molar-refractivity contribution in [2.24, 2.45) is 5.92 Å². The summed E-state index contributed by atoms with van der Waals surface area (Å²) in [7, 11) is 0. The maximum absolute atomic E-state index is 12.5. The average Bonchev–Trinajstić information content (AvgIpc) is 2.66. The number of phenols is 1. The van der Waals surface area contributed by atoms with E-state index in [1.807, 2.05) is 24.0 Å². The highest BCUT2D eigenvalue weighted by Crippen LogP contribution is 2.25. The molecule has 0 bridgehead atoms. The van der Waals surface area contributed by atoms with Gasteiger partial charge in [-0.05, 0) is 43.7 Å². The second-order valence-electron chi connectivity index (χ2n) is 5.47. The quantitative estimate of drug-likeness (QED) is 0.887. The largest absolute Gasteiger partial charge is 0.507 e. The van der Waals surface area contributed by atoms with Gasteiger partial charge in [0.2, 0.25) is 0 Å². The van der Waals surface area contributed by atoms with Crippen molar-refractivity contribution >= 4 is 5.91 Å². The summed E-state index contributed by atoms with van der Waals surface area (Å²) < 4.78 is 0. The van der Waals surface area contributed by atoms with Gasteiger partial charge in [-0.2, -0.15) is 0 Å². The van der Waals surface area contributed by atoms with Gasteiger partial charge in [0, 0.05) is 13.1 Å². The topological polar surface area (TPSA) is 40.5 Å². The van der Waals surface area contributed by atoms with Gasteiger partial charge in [0.05, 0.1) is 5.56 Å². The lowest BCUT2D eigenvalue weighted by molar-refractivity contribution is 0.0756. The summed E-state index contributed by atoms with van der Waals surface area (Å²) in [6.07, 6.45) is 4.55. The number of para-hydroxylation sites is 1. The van der Waals surface area contributed by atoms with Gasteiger partial charge in [0.1, 0.15) is 5.75 Å². The van der Waals surface area contributed by atoms with Crippen LogP contribution in [0.4, 0.5) is 0 Å². The Balaban J connectivity index is 2.13. The highest BCUT2D eigenvalue weighted by Gasteiger charge is 2.22. The van der Waals surface area contributed by atoms with Crippen molar-refractivity contribution in [3.8, 4) is 5.75 Å². The van der Waals surface area contributed by atoms with E-state index in [-0.39, 0.29) is 11.7 Å². The van der Waals surface area contributed by atoms with Crippen molar-refractivity contribution in [2.75, 3.05) is 13.1 Å². The fourth-order valence-corrected chi connectivity index (χ4v) is 2.78. The van der Waals surface area contributed by atoms with Crippen LogP contribution < -0.4 is 0 Å². The zero-order valence-electron chi connectivity index (χ0n) is 11.9. The number of phenolic OH excluding ortho intramolecular Hbond substituents is 1. The molecule has 1 fully saturated rings. The van der Waals surface area contributed by atoms with Crippen LogP contribution in [0.5, 0.6) is 5.75 Å². The second-order valence-corrected chi connectivity index (χ2v) is 5.47. The predicted molar refractivity (Wildman–Crippen MR) is 76.4 cm³/mol. The molecule has 1 amide bonds. The minimum absolute atomic E-state index is 0.0297. The Bertz CT molecular complexity index is 456. The lowest BCUT2D eigenvalue weighted by Gasteiger charge is -2.21. The number of hydrogen-bond donors (Lipinski definition) is 1. The van der Waals surface area contributed by atoms with Gasteiger partial charge in [0.15, 0.2) is 0 Å². The van der Waals surface area contributed by atoms with Gasteiger partial charge >= 0.3 is 0 Å². The van der Waals surface area contributed by atoms with Crippen molar-refractivity contribution in [3.05, 3.63) is 29.3 Å². The third kappa shape index (κ3) is 3.09. The first-order valence-corrected chi connectivity index (χ1v) is 7.21. The Morgan fingerprint density at radius 3 is 2.89 bits per heavy atom. The molecule has 0 radical (unpaired) electrons. The first-order valence-electron chi connectivity index (χ1n) is 7.21. The smallest absolute Gasteiger partial charge is 0.257 e. The number of rotatable bonds is 2. The molecule has 1 aromatic carbocycles. The van der Waals surface area contributed by atoms with E-state index >= 15 is 0 Å². The SMILES string of the molecule is CCC1CCCN(C(=O)c2cccc(C)c2O)CC1. The maximum atomic E-state index is 12.5. The zero-order valence-corrected chi connectivity index (χ0v) is 11.9. The fourth-order valence-electron chi connectivity index (χ4n) is 2.78. The molecule has 19 heavy (non-hydrogen) atoms. The van der Waals surface area contributed by atoms with Crippen LogP contribution in [0.25, 0.3) is 0 Å². The molecule has 2 rings (SSSR count). The number of aryl methyl sites for hydroxylation is 1. The van der Waals surface area contributed by atoms with E-state index in [0.29, 0.717) is 5.56 Å². The molecule has 0 spiro atoms. The molecule has 1 aliphatic rings. The van der Waals surface area contributed by atoms with Gasteiger partial charge < -0.3 is 10.0 Å². The highest BCUT2D eigenvalue weighted by molar-refractivity contribution is 5.97. The number of carbonyl (C=O) groups is 1. The van der Waals surface area contributed by atoms with Crippen molar-refractivity contribution < 1.29 is 9.90 Å². The maximum Gasteiger partial charge on any atom is 0.257 e. The Labute approximate surface area is 115 Å². The van der Waals surface area contributed by atoms with E-state index in [4.69, 9.17) is 0 Å². The van der Waals surface area contributed by atoms with Crippen LogP contribution in [-0.2, 0) is 0 Å². The average molecular weight is 261 g/mol. The molecule has 0 aliphatic carbocycles. The third-order valence-corrected chi connectivity index (χ3v) is 4.18. The van der Waals surface area contributed by atoms with Crippen molar-refractivity contribution in [1.82, 2.24) is 4.90 Å². The predicted octanol–water partition coefficient (Wildman–Crippen LogP) is 3.35. The normalized spacial score (nSPS) is 20.1. The van der Waals surface area contributed by atoms with Gasteiger partial charge in [-0.15, -0.1) is 0 Å². The monoisotopic (exact) mass is 261 g/mol. The molecule has 1 saturated heterocycles. The number of carbonyl (C=O) groups excluding carboxylic acids is 1. The van der Waals surface area contributed by atoms with E-state index in [2.05, 4.69) is 6.92 Å². The molecule has 3 nitrogen and oxygen atoms in total. The molecular weight excluding hydrogens is 238 g/mol. The van der Waals surface area contributed by atoms with E-state index in [1.54, 1.807) is 6.07 Å². The lowest BCUT2D eigenvalue weighted by atomic mass is 9.98. The third-order valence-electron chi connectivity index (χ3n) is 4.18.